The van der Waals surface area contributed by atoms with E-state index in [1.54, 1.807) is 0 Å². The number of nitrogens with two attached hydrogens (primary N) is 1. The summed E-state index contributed by atoms with van der Waals surface area (Å²) in [5, 5.41) is 10.4. The van der Waals surface area contributed by atoms with Crippen LogP contribution >= 0.6 is 0 Å². The third-order valence-electron chi connectivity index (χ3n) is 3.89. The van der Waals surface area contributed by atoms with Crippen LogP contribution in [0, 0.1) is 5.41 Å². The van der Waals surface area contributed by atoms with E-state index in [4.69, 9.17) is 10.5 Å². The fourth-order valence-corrected chi connectivity index (χ4v) is 2.57. The molecule has 0 aromatic heterocycles. The number of rotatable bonds is 3. The molecule has 6 heteroatoms. The van der Waals surface area contributed by atoms with Crippen molar-refractivity contribution >= 4 is 0 Å². The molecule has 2 unspecified atom stereocenters. The zero-order valence-corrected chi connectivity index (χ0v) is 11.0. The van der Waals surface area contributed by atoms with Crippen molar-refractivity contribution in [3.05, 3.63) is 35.4 Å². The first-order chi connectivity index (χ1) is 9.39. The van der Waals surface area contributed by atoms with Crippen molar-refractivity contribution in [2.75, 3.05) is 19.8 Å². The minimum atomic E-state index is -4.37. The molecule has 0 spiro atoms. The number of alkyl halides is 3. The molecule has 0 aliphatic carbocycles. The van der Waals surface area contributed by atoms with E-state index in [1.165, 1.54) is 12.1 Å². The Morgan fingerprint density at radius 1 is 1.30 bits per heavy atom. The summed E-state index contributed by atoms with van der Waals surface area (Å²) in [6, 6.07) is 4.57. The van der Waals surface area contributed by atoms with E-state index in [0.717, 1.165) is 18.6 Å². The molecule has 0 amide bonds. The lowest BCUT2D eigenvalue weighted by molar-refractivity contribution is -0.137. The van der Waals surface area contributed by atoms with Gasteiger partial charge in [0.15, 0.2) is 0 Å². The number of halogens is 3. The highest BCUT2D eigenvalue weighted by Crippen LogP contribution is 2.40. The molecule has 3 N–H and O–H groups in total. The maximum atomic E-state index is 12.5. The second-order valence-electron chi connectivity index (χ2n) is 5.24. The molecule has 20 heavy (non-hydrogen) atoms. The maximum Gasteiger partial charge on any atom is 0.416 e. The van der Waals surface area contributed by atoms with Crippen molar-refractivity contribution in [1.82, 2.24) is 0 Å². The third-order valence-corrected chi connectivity index (χ3v) is 3.89. The molecule has 2 atom stereocenters. The van der Waals surface area contributed by atoms with Crippen LogP contribution in [0.5, 0.6) is 0 Å². The lowest BCUT2D eigenvalue weighted by atomic mass is 9.75. The van der Waals surface area contributed by atoms with Gasteiger partial charge in [0.25, 0.3) is 0 Å². The van der Waals surface area contributed by atoms with Crippen molar-refractivity contribution in [1.29, 1.82) is 0 Å². The van der Waals surface area contributed by atoms with Crippen LogP contribution in [0.3, 0.4) is 0 Å². The van der Waals surface area contributed by atoms with Crippen LogP contribution in [-0.4, -0.2) is 24.9 Å². The highest BCUT2D eigenvalue weighted by molar-refractivity contribution is 5.27. The van der Waals surface area contributed by atoms with Crippen LogP contribution in [0.15, 0.2) is 24.3 Å². The Balaban J connectivity index is 2.21. The van der Waals surface area contributed by atoms with Gasteiger partial charge in [0.1, 0.15) is 0 Å². The lowest BCUT2D eigenvalue weighted by Crippen LogP contribution is -2.43. The Morgan fingerprint density at radius 2 is 1.95 bits per heavy atom. The molecule has 1 aliphatic rings. The summed E-state index contributed by atoms with van der Waals surface area (Å²) in [6.07, 6.45) is -3.81. The van der Waals surface area contributed by atoms with Gasteiger partial charge >= 0.3 is 6.18 Å². The molecule has 0 bridgehead atoms. The molecule has 2 rings (SSSR count). The number of hydrogen-bond donors (Lipinski definition) is 2. The summed E-state index contributed by atoms with van der Waals surface area (Å²) >= 11 is 0. The van der Waals surface area contributed by atoms with Crippen LogP contribution < -0.4 is 5.73 Å². The topological polar surface area (TPSA) is 55.5 Å². The fraction of sp³-hybridized carbons (Fsp3) is 0.571. The molecule has 0 saturated carbocycles. The Bertz CT molecular complexity index is 439. The van der Waals surface area contributed by atoms with Crippen LogP contribution in [0.2, 0.25) is 0 Å². The average Bonchev–Trinajstić information content (AvgIpc) is 2.46. The SMILES string of the molecule is NCC1(C(O)c2ccc(C(F)(F)F)cc2)CCCOC1. The number of ether oxygens (including phenoxy) is 1. The van der Waals surface area contributed by atoms with E-state index in [-0.39, 0.29) is 6.54 Å². The molecule has 1 aromatic rings. The Kier molecular flexibility index (Phi) is 4.36. The van der Waals surface area contributed by atoms with Gasteiger partial charge in [-0.25, -0.2) is 0 Å². The van der Waals surface area contributed by atoms with Gasteiger partial charge in [-0.15, -0.1) is 0 Å². The highest BCUT2D eigenvalue weighted by atomic mass is 19.4. The molecule has 0 radical (unpaired) electrons. The van der Waals surface area contributed by atoms with E-state index in [1.807, 2.05) is 0 Å². The molecule has 3 nitrogen and oxygen atoms in total. The van der Waals surface area contributed by atoms with Gasteiger partial charge in [0.2, 0.25) is 0 Å². The summed E-state index contributed by atoms with van der Waals surface area (Å²) < 4.78 is 42.9. The van der Waals surface area contributed by atoms with E-state index in [0.29, 0.717) is 25.2 Å². The molecular formula is C14H18F3NO2. The molecular weight excluding hydrogens is 271 g/mol. The van der Waals surface area contributed by atoms with Crippen LogP contribution in [0.25, 0.3) is 0 Å². The second-order valence-corrected chi connectivity index (χ2v) is 5.24. The Morgan fingerprint density at radius 3 is 2.40 bits per heavy atom. The summed E-state index contributed by atoms with van der Waals surface area (Å²) in [5.74, 6) is 0. The van der Waals surface area contributed by atoms with Crippen LogP contribution in [0.1, 0.15) is 30.1 Å². The predicted octanol–water partition coefficient (Wildman–Crippen LogP) is 2.49. The Hall–Kier alpha value is -1.11. The first-order valence-corrected chi connectivity index (χ1v) is 6.52. The summed E-state index contributed by atoms with van der Waals surface area (Å²) in [5.41, 5.74) is 4.85. The second kappa shape index (κ2) is 5.71. The summed E-state index contributed by atoms with van der Waals surface area (Å²) in [4.78, 5) is 0. The summed E-state index contributed by atoms with van der Waals surface area (Å²) in [7, 11) is 0. The normalized spacial score (nSPS) is 25.4. The van der Waals surface area contributed by atoms with Gasteiger partial charge in [-0.1, -0.05) is 12.1 Å². The summed E-state index contributed by atoms with van der Waals surface area (Å²) in [6.45, 7) is 1.18. The minimum absolute atomic E-state index is 0.231. The highest BCUT2D eigenvalue weighted by Gasteiger charge is 2.40. The van der Waals surface area contributed by atoms with Gasteiger partial charge in [-0.3, -0.25) is 0 Å². The smallest absolute Gasteiger partial charge is 0.388 e. The van der Waals surface area contributed by atoms with Gasteiger partial charge in [0.05, 0.1) is 18.3 Å². The third kappa shape index (κ3) is 2.97. The maximum absolute atomic E-state index is 12.5. The number of benzene rings is 1. The minimum Gasteiger partial charge on any atom is -0.388 e. The molecule has 1 aliphatic heterocycles. The van der Waals surface area contributed by atoms with Gasteiger partial charge < -0.3 is 15.6 Å². The largest absolute Gasteiger partial charge is 0.416 e. The van der Waals surface area contributed by atoms with Crippen molar-refractivity contribution < 1.29 is 23.0 Å². The lowest BCUT2D eigenvalue weighted by Gasteiger charge is -2.40. The van der Waals surface area contributed by atoms with Crippen molar-refractivity contribution in [2.45, 2.75) is 25.1 Å². The van der Waals surface area contributed by atoms with Crippen LogP contribution in [-0.2, 0) is 10.9 Å². The van der Waals surface area contributed by atoms with E-state index in [2.05, 4.69) is 0 Å². The zero-order valence-electron chi connectivity index (χ0n) is 11.0. The first kappa shape index (κ1) is 15.3. The van der Waals surface area contributed by atoms with Gasteiger partial charge in [-0.05, 0) is 30.5 Å². The fourth-order valence-electron chi connectivity index (χ4n) is 2.57. The van der Waals surface area contributed by atoms with Gasteiger partial charge in [-0.2, -0.15) is 13.2 Å². The predicted molar refractivity (Wildman–Crippen MR) is 67.9 cm³/mol. The number of aliphatic hydroxyl groups is 1. The number of aliphatic hydroxyl groups excluding tert-OH is 1. The standard InChI is InChI=1S/C14H18F3NO2/c15-14(16,17)11-4-2-10(3-5-11)12(19)13(8-18)6-1-7-20-9-13/h2-5,12,19H,1,6-9,18H2. The van der Waals surface area contributed by atoms with Crippen molar-refractivity contribution in [3.8, 4) is 0 Å². The van der Waals surface area contributed by atoms with E-state index >= 15 is 0 Å². The number of hydrogen-bond acceptors (Lipinski definition) is 3. The molecule has 1 saturated heterocycles. The molecule has 1 aromatic carbocycles. The van der Waals surface area contributed by atoms with E-state index < -0.39 is 23.3 Å². The van der Waals surface area contributed by atoms with Crippen LogP contribution in [0.4, 0.5) is 13.2 Å². The average molecular weight is 289 g/mol. The van der Waals surface area contributed by atoms with Crippen molar-refractivity contribution in [2.24, 2.45) is 11.1 Å². The van der Waals surface area contributed by atoms with Gasteiger partial charge in [0, 0.05) is 18.6 Å². The van der Waals surface area contributed by atoms with Crippen molar-refractivity contribution in [3.63, 3.8) is 0 Å². The zero-order chi connectivity index (χ0) is 14.8. The quantitative estimate of drug-likeness (QED) is 0.899. The first-order valence-electron chi connectivity index (χ1n) is 6.52. The monoisotopic (exact) mass is 289 g/mol. The molecule has 1 fully saturated rings. The molecule has 112 valence electrons. The van der Waals surface area contributed by atoms with E-state index in [9.17, 15) is 18.3 Å². The molecule has 1 heterocycles. The Labute approximate surface area is 115 Å².